The van der Waals surface area contributed by atoms with Crippen LogP contribution in [0.3, 0.4) is 0 Å². The fourth-order valence-corrected chi connectivity index (χ4v) is 3.27. The van der Waals surface area contributed by atoms with Crippen LogP contribution in [0.5, 0.6) is 0 Å². The van der Waals surface area contributed by atoms with Crippen LogP contribution in [0.4, 0.5) is 8.78 Å². The normalized spacial score (nSPS) is 10.8. The summed E-state index contributed by atoms with van der Waals surface area (Å²) in [6, 6.07) is 15.7. The van der Waals surface area contributed by atoms with Crippen molar-refractivity contribution in [3.8, 4) is 0 Å². The Morgan fingerprint density at radius 1 is 0.765 bits per heavy atom. The lowest BCUT2D eigenvalue weighted by Gasteiger charge is -2.10. The number of Topliss-reactive ketones (excluding diaryl/α,β-unsaturated/α-hetero) is 2. The van der Waals surface area contributed by atoms with Crippen molar-refractivity contribution in [3.05, 3.63) is 112 Å². The summed E-state index contributed by atoms with van der Waals surface area (Å²) in [5.41, 5.74) is -0.543. The molecule has 3 aromatic carbocycles. The molecule has 0 bridgehead atoms. The first kappa shape index (κ1) is 22.7. The van der Waals surface area contributed by atoms with Gasteiger partial charge in [-0.05, 0) is 54.6 Å². The Morgan fingerprint density at radius 3 is 1.88 bits per heavy atom. The number of rotatable bonds is 7. The highest BCUT2D eigenvalue weighted by Crippen LogP contribution is 2.15. The van der Waals surface area contributed by atoms with Crippen molar-refractivity contribution < 1.29 is 27.9 Å². The van der Waals surface area contributed by atoms with Crippen LogP contribution in [0, 0.1) is 11.6 Å². The van der Waals surface area contributed by atoms with Gasteiger partial charge in [0.05, 0.1) is 5.39 Å². The lowest BCUT2D eigenvalue weighted by atomic mass is 10.1. The lowest BCUT2D eigenvalue weighted by molar-refractivity contribution is 0.0468. The van der Waals surface area contributed by atoms with Gasteiger partial charge in [-0.15, -0.1) is 0 Å². The molecule has 0 radical (unpaired) electrons. The topological polar surface area (TPSA) is 95.3 Å². The van der Waals surface area contributed by atoms with Crippen molar-refractivity contribution in [2.75, 3.05) is 6.61 Å². The van der Waals surface area contributed by atoms with Crippen molar-refractivity contribution in [2.24, 2.45) is 0 Å². The first-order valence-corrected chi connectivity index (χ1v) is 10.1. The third-order valence-corrected chi connectivity index (χ3v) is 5.02. The Bertz CT molecular complexity index is 1460. The molecule has 0 spiro atoms. The van der Waals surface area contributed by atoms with Crippen molar-refractivity contribution in [1.82, 2.24) is 9.78 Å². The lowest BCUT2D eigenvalue weighted by Crippen LogP contribution is -2.29. The Balaban J connectivity index is 1.61. The summed E-state index contributed by atoms with van der Waals surface area (Å²) in [5, 5.41) is 4.34. The van der Waals surface area contributed by atoms with E-state index in [9.17, 15) is 28.0 Å². The van der Waals surface area contributed by atoms with E-state index in [-0.39, 0.29) is 27.6 Å². The molecule has 0 N–H and O–H groups in total. The molecule has 34 heavy (non-hydrogen) atoms. The number of halogens is 2. The van der Waals surface area contributed by atoms with Crippen molar-refractivity contribution in [1.29, 1.82) is 0 Å². The number of carbonyl (C=O) groups excluding carboxylic acids is 3. The van der Waals surface area contributed by atoms with Gasteiger partial charge in [-0.25, -0.2) is 18.3 Å². The highest BCUT2D eigenvalue weighted by molar-refractivity contribution is 6.04. The number of carbonyl (C=O) groups is 3. The van der Waals surface area contributed by atoms with E-state index in [0.29, 0.717) is 0 Å². The maximum Gasteiger partial charge on any atom is 0.359 e. The number of hydrogen-bond acceptors (Lipinski definition) is 6. The molecular formula is C25H16F2N2O5. The molecule has 9 heteroatoms. The smallest absolute Gasteiger partial charge is 0.359 e. The largest absolute Gasteiger partial charge is 0.452 e. The fourth-order valence-electron chi connectivity index (χ4n) is 3.27. The van der Waals surface area contributed by atoms with Crippen LogP contribution in [0.1, 0.15) is 31.2 Å². The fraction of sp³-hybridized carbons (Fsp3) is 0.0800. The Hall–Kier alpha value is -4.53. The molecule has 7 nitrogen and oxygen atoms in total. The van der Waals surface area contributed by atoms with Crippen LogP contribution >= 0.6 is 0 Å². The van der Waals surface area contributed by atoms with Crippen LogP contribution in [0.2, 0.25) is 0 Å². The van der Waals surface area contributed by atoms with E-state index < -0.39 is 47.9 Å². The SMILES string of the molecule is O=C(COC(=O)c1nn(CC(=O)c2ccc(F)cc2)c(=O)c2ccccc12)c1ccc(F)cc1. The van der Waals surface area contributed by atoms with Gasteiger partial charge in [-0.1, -0.05) is 18.2 Å². The second kappa shape index (κ2) is 9.53. The maximum atomic E-state index is 13.1. The van der Waals surface area contributed by atoms with Gasteiger partial charge in [0, 0.05) is 16.5 Å². The Morgan fingerprint density at radius 2 is 1.29 bits per heavy atom. The van der Waals surface area contributed by atoms with Crippen LogP contribution in [0.15, 0.2) is 77.6 Å². The molecule has 0 aliphatic heterocycles. The summed E-state index contributed by atoms with van der Waals surface area (Å²) in [5.74, 6) is -3.08. The zero-order chi connectivity index (χ0) is 24.2. The quantitative estimate of drug-likeness (QED) is 0.308. The number of esters is 1. The maximum absolute atomic E-state index is 13.1. The number of aromatic nitrogens is 2. The summed E-state index contributed by atoms with van der Waals surface area (Å²) in [4.78, 5) is 50.5. The number of ether oxygens (including phenoxy) is 1. The summed E-state index contributed by atoms with van der Waals surface area (Å²) in [6.07, 6.45) is 0. The Kier molecular flexibility index (Phi) is 6.35. The summed E-state index contributed by atoms with van der Waals surface area (Å²) in [7, 11) is 0. The molecular weight excluding hydrogens is 446 g/mol. The highest BCUT2D eigenvalue weighted by Gasteiger charge is 2.21. The van der Waals surface area contributed by atoms with Gasteiger partial charge in [-0.3, -0.25) is 14.4 Å². The minimum absolute atomic E-state index is 0.126. The standard InChI is InChI=1S/C25H16F2N2O5/c26-17-9-5-15(6-10-17)21(30)13-29-24(32)20-4-2-1-3-19(20)23(28-29)25(33)34-14-22(31)16-7-11-18(27)12-8-16/h1-12H,13-14H2. The van der Waals surface area contributed by atoms with Crippen LogP contribution < -0.4 is 5.56 Å². The highest BCUT2D eigenvalue weighted by atomic mass is 19.1. The summed E-state index contributed by atoms with van der Waals surface area (Å²) >= 11 is 0. The van der Waals surface area contributed by atoms with Gasteiger partial charge in [0.25, 0.3) is 5.56 Å². The zero-order valence-electron chi connectivity index (χ0n) is 17.5. The van der Waals surface area contributed by atoms with E-state index in [2.05, 4.69) is 5.10 Å². The van der Waals surface area contributed by atoms with Gasteiger partial charge >= 0.3 is 5.97 Å². The number of fused-ring (bicyclic) bond motifs is 1. The molecule has 0 aliphatic carbocycles. The van der Waals surface area contributed by atoms with Crippen LogP contribution in [-0.4, -0.2) is 33.9 Å². The molecule has 170 valence electrons. The van der Waals surface area contributed by atoms with Gasteiger partial charge in [0.2, 0.25) is 0 Å². The first-order chi connectivity index (χ1) is 16.3. The third-order valence-electron chi connectivity index (χ3n) is 5.02. The summed E-state index contributed by atoms with van der Waals surface area (Å²) < 4.78 is 32.1. The predicted molar refractivity (Wildman–Crippen MR) is 118 cm³/mol. The average molecular weight is 462 g/mol. The van der Waals surface area contributed by atoms with Crippen LogP contribution in [0.25, 0.3) is 10.8 Å². The molecule has 0 saturated carbocycles. The Labute approximate surface area is 191 Å². The van der Waals surface area contributed by atoms with E-state index in [0.717, 1.165) is 28.9 Å². The minimum atomic E-state index is -0.977. The third kappa shape index (κ3) is 4.78. The van der Waals surface area contributed by atoms with E-state index >= 15 is 0 Å². The van der Waals surface area contributed by atoms with Gasteiger partial charge in [-0.2, -0.15) is 5.10 Å². The van der Waals surface area contributed by atoms with Gasteiger partial charge < -0.3 is 4.74 Å². The molecule has 1 aromatic heterocycles. The number of nitrogens with zero attached hydrogens (tertiary/aromatic N) is 2. The van der Waals surface area contributed by atoms with Gasteiger partial charge in [0.1, 0.15) is 18.2 Å². The number of benzene rings is 3. The molecule has 1 heterocycles. The van der Waals surface area contributed by atoms with Crippen molar-refractivity contribution in [2.45, 2.75) is 6.54 Å². The van der Waals surface area contributed by atoms with Crippen LogP contribution in [-0.2, 0) is 11.3 Å². The molecule has 4 aromatic rings. The van der Waals surface area contributed by atoms with E-state index in [4.69, 9.17) is 4.74 Å². The second-order valence-corrected chi connectivity index (χ2v) is 7.29. The van der Waals surface area contributed by atoms with E-state index in [1.165, 1.54) is 36.4 Å². The van der Waals surface area contributed by atoms with E-state index in [1.807, 2.05) is 0 Å². The molecule has 0 aliphatic rings. The van der Waals surface area contributed by atoms with Crippen molar-refractivity contribution in [3.63, 3.8) is 0 Å². The monoisotopic (exact) mass is 462 g/mol. The molecule has 0 atom stereocenters. The molecule has 0 amide bonds. The first-order valence-electron chi connectivity index (χ1n) is 10.1. The molecule has 0 fully saturated rings. The summed E-state index contributed by atoms with van der Waals surface area (Å²) in [6.45, 7) is -1.13. The molecule has 4 rings (SSSR count). The average Bonchev–Trinajstić information content (AvgIpc) is 2.85. The van der Waals surface area contributed by atoms with Gasteiger partial charge in [0.15, 0.2) is 23.9 Å². The second-order valence-electron chi connectivity index (χ2n) is 7.29. The zero-order valence-corrected chi connectivity index (χ0v) is 17.5. The molecule has 0 saturated heterocycles. The molecule has 0 unspecified atom stereocenters. The van der Waals surface area contributed by atoms with E-state index in [1.54, 1.807) is 12.1 Å². The minimum Gasteiger partial charge on any atom is -0.452 e. The number of hydrogen-bond donors (Lipinski definition) is 0. The van der Waals surface area contributed by atoms with Crippen molar-refractivity contribution >= 4 is 28.3 Å². The number of ketones is 2. The predicted octanol–water partition coefficient (Wildman–Crippen LogP) is 3.60.